The molecule has 1 amide bonds. The molecule has 0 aliphatic carbocycles. The number of carbonyl (C=O) groups is 2. The summed E-state index contributed by atoms with van der Waals surface area (Å²) in [5.74, 6) is 1.10. The minimum atomic E-state index is -0.352. The number of fused-ring (bicyclic) bond motifs is 1. The molecule has 7 heteroatoms. The average Bonchev–Trinajstić information content (AvgIpc) is 3.06. The maximum Gasteiger partial charge on any atom is 0.306 e. The lowest BCUT2D eigenvalue weighted by Crippen LogP contribution is -2.25. The molecule has 1 aromatic rings. The number of alkyl halides is 1. The summed E-state index contributed by atoms with van der Waals surface area (Å²) in [7, 11) is 1.57. The molecule has 1 aliphatic heterocycles. The third-order valence-corrected chi connectivity index (χ3v) is 4.41. The minimum absolute atomic E-state index is 0.0776. The lowest BCUT2D eigenvalue weighted by Gasteiger charge is -2.14. The van der Waals surface area contributed by atoms with Gasteiger partial charge < -0.3 is 19.1 Å². The fourth-order valence-electron chi connectivity index (χ4n) is 2.67. The van der Waals surface area contributed by atoms with E-state index in [4.69, 9.17) is 25.8 Å². The van der Waals surface area contributed by atoms with Crippen molar-refractivity contribution in [2.45, 2.75) is 32.9 Å². The second-order valence-corrected chi connectivity index (χ2v) is 6.27. The first-order valence-electron chi connectivity index (χ1n) is 8.47. The molecule has 0 spiro atoms. The van der Waals surface area contributed by atoms with Gasteiger partial charge >= 0.3 is 5.97 Å². The lowest BCUT2D eigenvalue weighted by molar-refractivity contribution is -0.145. The van der Waals surface area contributed by atoms with Crippen molar-refractivity contribution in [3.8, 4) is 11.5 Å². The molecule has 0 atom stereocenters. The van der Waals surface area contributed by atoms with E-state index < -0.39 is 0 Å². The fraction of sp³-hybridized carbons (Fsp3) is 0.474. The summed E-state index contributed by atoms with van der Waals surface area (Å²) in [5, 5.41) is 0. The van der Waals surface area contributed by atoms with Gasteiger partial charge in [0, 0.05) is 25.4 Å². The van der Waals surface area contributed by atoms with Gasteiger partial charge in [-0.3, -0.25) is 9.59 Å². The van der Waals surface area contributed by atoms with Gasteiger partial charge in [0.2, 0.25) is 5.91 Å². The zero-order valence-electron chi connectivity index (χ0n) is 15.2. The molecule has 0 N–H and O–H groups in total. The van der Waals surface area contributed by atoms with Crippen molar-refractivity contribution < 1.29 is 23.8 Å². The number of hydrogen-bond acceptors (Lipinski definition) is 5. The lowest BCUT2D eigenvalue weighted by atomic mass is 10.1. The van der Waals surface area contributed by atoms with E-state index in [9.17, 15) is 9.59 Å². The number of esters is 1. The van der Waals surface area contributed by atoms with E-state index in [2.05, 4.69) is 6.58 Å². The number of carbonyl (C=O) groups excluding carboxylic acids is 2. The van der Waals surface area contributed by atoms with Gasteiger partial charge in [0.25, 0.3) is 0 Å². The van der Waals surface area contributed by atoms with E-state index in [-0.39, 0.29) is 24.7 Å². The number of amides is 1. The first-order chi connectivity index (χ1) is 12.5. The van der Waals surface area contributed by atoms with Crippen molar-refractivity contribution in [1.29, 1.82) is 0 Å². The van der Waals surface area contributed by atoms with Crippen LogP contribution in [0.2, 0.25) is 0 Å². The highest BCUT2D eigenvalue weighted by Crippen LogP contribution is 2.35. The number of ether oxygens (including phenoxy) is 3. The molecule has 6 nitrogen and oxygen atoms in total. The van der Waals surface area contributed by atoms with Crippen LogP contribution in [0.15, 0.2) is 24.3 Å². The number of methoxy groups -OCH3 is 1. The molecule has 0 bridgehead atoms. The number of benzene rings is 1. The summed E-state index contributed by atoms with van der Waals surface area (Å²) < 4.78 is 16.0. The highest BCUT2D eigenvalue weighted by atomic mass is 35.5. The molecule has 26 heavy (non-hydrogen) atoms. The van der Waals surface area contributed by atoms with Gasteiger partial charge in [0.05, 0.1) is 20.1 Å². The minimum Gasteiger partial charge on any atom is -0.493 e. The first kappa shape index (κ1) is 20.1. The molecule has 1 aromatic carbocycles. The van der Waals surface area contributed by atoms with Crippen molar-refractivity contribution in [1.82, 2.24) is 4.90 Å². The highest BCUT2D eigenvalue weighted by Gasteiger charge is 2.26. The third-order valence-electron chi connectivity index (χ3n) is 4.03. The number of halogens is 1. The Morgan fingerprint density at radius 3 is 2.42 bits per heavy atom. The molecule has 142 valence electrons. The second kappa shape index (κ2) is 9.48. The molecule has 0 fully saturated rings. The van der Waals surface area contributed by atoms with Crippen LogP contribution in [0.25, 0.3) is 0 Å². The predicted octanol–water partition coefficient (Wildman–Crippen LogP) is 3.05. The van der Waals surface area contributed by atoms with Crippen LogP contribution in [-0.2, 0) is 27.4 Å². The van der Waals surface area contributed by atoms with Gasteiger partial charge in [-0.1, -0.05) is 6.58 Å². The number of nitrogens with zero attached hydrogens (tertiary/aromatic N) is 1. The van der Waals surface area contributed by atoms with E-state index in [1.165, 1.54) is 0 Å². The maximum atomic E-state index is 12.3. The second-order valence-electron chi connectivity index (χ2n) is 6.00. The Morgan fingerprint density at radius 1 is 1.19 bits per heavy atom. The molecule has 0 aromatic heterocycles. The molecule has 1 heterocycles. The highest BCUT2D eigenvalue weighted by molar-refractivity contribution is 6.19. The molecule has 0 unspecified atom stereocenters. The van der Waals surface area contributed by atoms with Gasteiger partial charge in [-0.2, -0.15) is 0 Å². The van der Waals surface area contributed by atoms with E-state index >= 15 is 0 Å². The van der Waals surface area contributed by atoms with Crippen molar-refractivity contribution in [3.05, 3.63) is 35.4 Å². The van der Waals surface area contributed by atoms with E-state index in [1.54, 1.807) is 18.9 Å². The van der Waals surface area contributed by atoms with Crippen LogP contribution in [-0.4, -0.2) is 43.0 Å². The molecule has 0 saturated heterocycles. The van der Waals surface area contributed by atoms with Crippen LogP contribution in [0.1, 0.15) is 30.9 Å². The standard InChI is InChI=1S/C19H24ClNO5/c1-4-25-19(23)6-5-18(22)21-10-14-7-16(24-3)17(8-15(14)11-21)26-12-13(2)9-20/h7-8H,2,4-6,9-12H2,1,3H3. The average molecular weight is 382 g/mol. The van der Waals surface area contributed by atoms with Crippen LogP contribution in [0.5, 0.6) is 11.5 Å². The smallest absolute Gasteiger partial charge is 0.306 e. The van der Waals surface area contributed by atoms with Crippen LogP contribution in [0, 0.1) is 0 Å². The summed E-state index contributed by atoms with van der Waals surface area (Å²) >= 11 is 5.72. The number of rotatable bonds is 9. The van der Waals surface area contributed by atoms with Gasteiger partial charge in [-0.15, -0.1) is 11.6 Å². The quantitative estimate of drug-likeness (QED) is 0.373. The summed E-state index contributed by atoms with van der Waals surface area (Å²) in [5.41, 5.74) is 2.78. The van der Waals surface area contributed by atoms with Gasteiger partial charge in [-0.05, 0) is 35.8 Å². The van der Waals surface area contributed by atoms with Crippen molar-refractivity contribution >= 4 is 23.5 Å². The summed E-state index contributed by atoms with van der Waals surface area (Å²) in [6.45, 7) is 7.15. The molecule has 1 aliphatic rings. The summed E-state index contributed by atoms with van der Waals surface area (Å²) in [6.07, 6.45) is 0.237. The largest absolute Gasteiger partial charge is 0.493 e. The van der Waals surface area contributed by atoms with Crippen LogP contribution in [0.3, 0.4) is 0 Å². The Hall–Kier alpha value is -2.21. The van der Waals surface area contributed by atoms with Gasteiger partial charge in [-0.25, -0.2) is 0 Å². The zero-order chi connectivity index (χ0) is 19.1. The maximum absolute atomic E-state index is 12.3. The van der Waals surface area contributed by atoms with E-state index in [0.29, 0.717) is 43.7 Å². The van der Waals surface area contributed by atoms with Crippen LogP contribution < -0.4 is 9.47 Å². The normalized spacial score (nSPS) is 12.5. The van der Waals surface area contributed by atoms with Gasteiger partial charge in [0.15, 0.2) is 11.5 Å². The van der Waals surface area contributed by atoms with E-state index in [1.807, 2.05) is 12.1 Å². The van der Waals surface area contributed by atoms with Gasteiger partial charge in [0.1, 0.15) is 6.61 Å². The van der Waals surface area contributed by atoms with Crippen molar-refractivity contribution in [3.63, 3.8) is 0 Å². The van der Waals surface area contributed by atoms with Crippen LogP contribution in [0.4, 0.5) is 0 Å². The first-order valence-corrected chi connectivity index (χ1v) is 9.00. The van der Waals surface area contributed by atoms with Crippen molar-refractivity contribution in [2.75, 3.05) is 26.2 Å². The van der Waals surface area contributed by atoms with E-state index in [0.717, 1.165) is 16.7 Å². The third kappa shape index (κ3) is 5.14. The predicted molar refractivity (Wildman–Crippen MR) is 98.5 cm³/mol. The molecular formula is C19H24ClNO5. The van der Waals surface area contributed by atoms with Crippen LogP contribution >= 0.6 is 11.6 Å². The Labute approximate surface area is 158 Å². The number of hydrogen-bond donors (Lipinski definition) is 0. The molecular weight excluding hydrogens is 358 g/mol. The summed E-state index contributed by atoms with van der Waals surface area (Å²) in [6, 6.07) is 3.76. The Morgan fingerprint density at radius 2 is 1.85 bits per heavy atom. The molecule has 0 saturated carbocycles. The Balaban J connectivity index is 2.01. The Bertz CT molecular complexity index is 689. The Kier molecular flexibility index (Phi) is 7.33. The summed E-state index contributed by atoms with van der Waals surface area (Å²) in [4.78, 5) is 25.5. The topological polar surface area (TPSA) is 65.1 Å². The fourth-order valence-corrected chi connectivity index (χ4v) is 2.75. The van der Waals surface area contributed by atoms with Crippen molar-refractivity contribution in [2.24, 2.45) is 0 Å². The molecule has 2 rings (SSSR count). The zero-order valence-corrected chi connectivity index (χ0v) is 15.9. The monoisotopic (exact) mass is 381 g/mol. The molecule has 0 radical (unpaired) electrons. The SMILES string of the molecule is C=C(CCl)COc1cc2c(cc1OC)CN(C(=O)CCC(=O)OCC)C2.